The van der Waals surface area contributed by atoms with Crippen LogP contribution in [0.5, 0.6) is 0 Å². The maximum absolute atomic E-state index is 12.1. The van der Waals surface area contributed by atoms with Gasteiger partial charge in [-0.2, -0.15) is 0 Å². The Kier molecular flexibility index (Phi) is 25.0. The summed E-state index contributed by atoms with van der Waals surface area (Å²) >= 11 is 0. The molecule has 0 rings (SSSR count). The Labute approximate surface area is 245 Å². The lowest BCUT2D eigenvalue weighted by molar-refractivity contribution is -0.870. The van der Waals surface area contributed by atoms with E-state index in [0.717, 1.165) is 38.5 Å². The van der Waals surface area contributed by atoms with E-state index in [0.29, 0.717) is 24.1 Å². The molecule has 0 radical (unpaired) electrons. The molecular weight excluding hydrogens is 529 g/mol. The van der Waals surface area contributed by atoms with Crippen LogP contribution in [0.1, 0.15) is 110 Å². The molecule has 2 unspecified atom stereocenters. The van der Waals surface area contributed by atoms with Crippen LogP contribution in [0.4, 0.5) is 0 Å². The van der Waals surface area contributed by atoms with Crippen molar-refractivity contribution in [3.05, 3.63) is 24.3 Å². The number of hydrogen-bond donors (Lipinski definition) is 0. The number of carbonyl (C=O) groups excluding carboxylic acids is 1. The van der Waals surface area contributed by atoms with Gasteiger partial charge in [-0.15, -0.1) is 0 Å². The van der Waals surface area contributed by atoms with Gasteiger partial charge in [-0.05, 0) is 44.9 Å². The molecule has 9 heteroatoms. The van der Waals surface area contributed by atoms with Crippen LogP contribution in [0.2, 0.25) is 0 Å². The summed E-state index contributed by atoms with van der Waals surface area (Å²) in [4.78, 5) is 24.2. The lowest BCUT2D eigenvalue weighted by Gasteiger charge is -2.28. The average molecular weight is 590 g/mol. The highest BCUT2D eigenvalue weighted by Crippen LogP contribution is 2.38. The number of ether oxygens (including phenoxy) is 2. The molecule has 8 nitrogen and oxygen atoms in total. The summed E-state index contributed by atoms with van der Waals surface area (Å²) in [6.07, 6.45) is 24.3. The predicted molar refractivity (Wildman–Crippen MR) is 162 cm³/mol. The monoisotopic (exact) mass is 589 g/mol. The molecule has 0 bridgehead atoms. The van der Waals surface area contributed by atoms with Gasteiger partial charge in [0.05, 0.1) is 34.4 Å². The highest BCUT2D eigenvalue weighted by atomic mass is 31.2. The quantitative estimate of drug-likeness (QED) is 0.0315. The van der Waals surface area contributed by atoms with Crippen molar-refractivity contribution in [2.75, 3.05) is 54.1 Å². The fourth-order valence-corrected chi connectivity index (χ4v) is 4.46. The minimum absolute atomic E-state index is 0.0231. The number of hydrogen-bond acceptors (Lipinski definition) is 7. The molecule has 0 aromatic carbocycles. The van der Waals surface area contributed by atoms with Crippen molar-refractivity contribution in [1.82, 2.24) is 0 Å². The van der Waals surface area contributed by atoms with E-state index in [2.05, 4.69) is 31.2 Å². The third kappa shape index (κ3) is 28.5. The zero-order chi connectivity index (χ0) is 30.0. The number of phosphoric acid groups is 1. The van der Waals surface area contributed by atoms with Gasteiger partial charge in [-0.3, -0.25) is 9.36 Å². The molecule has 2 atom stereocenters. The smallest absolute Gasteiger partial charge is 0.306 e. The molecule has 0 heterocycles. The standard InChI is InChI=1S/C31H60NO7P/c1-6-8-10-11-12-13-14-15-16-17-18-19-20-21-22-23-26-36-28-30(39-31(33)24-9-7-2)29-38-40(34,35)37-27-25-32(3,4)5/h12-13,15-16,30H,6-11,14,17-29H2,1-5H3/b13-12-,16-15-. The van der Waals surface area contributed by atoms with Crippen molar-refractivity contribution >= 4 is 13.8 Å². The van der Waals surface area contributed by atoms with Gasteiger partial charge in [0.25, 0.3) is 7.82 Å². The van der Waals surface area contributed by atoms with Crippen molar-refractivity contribution in [1.29, 1.82) is 0 Å². The zero-order valence-corrected chi connectivity index (χ0v) is 27.2. The number of nitrogens with zero attached hydrogens (tertiary/aromatic N) is 1. The number of likely N-dealkylation sites (N-methyl/N-ethyl adjacent to an activating group) is 1. The van der Waals surface area contributed by atoms with Crippen LogP contribution in [0.3, 0.4) is 0 Å². The Morgan fingerprint density at radius 3 is 2.00 bits per heavy atom. The van der Waals surface area contributed by atoms with E-state index in [1.165, 1.54) is 44.9 Å². The SMILES string of the molecule is CCCCC/C=C\C/C=C\CCCCCCCCOCC(COP(=O)([O-])OCC[N+](C)(C)C)OC(=O)CCCC. The second-order valence-corrected chi connectivity index (χ2v) is 12.9. The van der Waals surface area contributed by atoms with E-state index in [9.17, 15) is 14.3 Å². The fourth-order valence-electron chi connectivity index (χ4n) is 3.73. The molecule has 0 aliphatic carbocycles. The summed E-state index contributed by atoms with van der Waals surface area (Å²) in [5.41, 5.74) is 0. The molecular formula is C31H60NO7P. The van der Waals surface area contributed by atoms with Crippen LogP contribution in [0.25, 0.3) is 0 Å². The van der Waals surface area contributed by atoms with Crippen molar-refractivity contribution in [2.45, 2.75) is 116 Å². The fraction of sp³-hybridized carbons (Fsp3) is 0.839. The van der Waals surface area contributed by atoms with Crippen LogP contribution in [-0.4, -0.2) is 70.7 Å². The third-order valence-electron chi connectivity index (χ3n) is 6.26. The molecule has 0 amide bonds. The van der Waals surface area contributed by atoms with E-state index in [1.807, 2.05) is 28.1 Å². The van der Waals surface area contributed by atoms with Gasteiger partial charge >= 0.3 is 5.97 Å². The van der Waals surface area contributed by atoms with Gasteiger partial charge in [0.1, 0.15) is 19.3 Å². The summed E-state index contributed by atoms with van der Waals surface area (Å²) in [6.45, 7) is 5.08. The first-order valence-electron chi connectivity index (χ1n) is 15.6. The Balaban J connectivity index is 4.06. The van der Waals surface area contributed by atoms with E-state index >= 15 is 0 Å². The van der Waals surface area contributed by atoms with Crippen molar-refractivity contribution in [2.24, 2.45) is 0 Å². The number of phosphoric ester groups is 1. The second-order valence-electron chi connectivity index (χ2n) is 11.5. The van der Waals surface area contributed by atoms with Crippen molar-refractivity contribution in [3.63, 3.8) is 0 Å². The molecule has 0 spiro atoms. The van der Waals surface area contributed by atoms with Gasteiger partial charge in [-0.1, -0.05) is 83.1 Å². The lowest BCUT2D eigenvalue weighted by atomic mass is 10.1. The highest BCUT2D eigenvalue weighted by Gasteiger charge is 2.20. The molecule has 0 N–H and O–H groups in total. The number of carbonyl (C=O) groups is 1. The van der Waals surface area contributed by atoms with Crippen molar-refractivity contribution in [3.8, 4) is 0 Å². The first-order chi connectivity index (χ1) is 19.1. The van der Waals surface area contributed by atoms with E-state index in [-0.39, 0.29) is 32.2 Å². The number of esters is 1. The number of quaternary nitrogens is 1. The first-order valence-corrected chi connectivity index (χ1v) is 17.0. The second kappa shape index (κ2) is 25.7. The molecule has 0 saturated heterocycles. The van der Waals surface area contributed by atoms with Crippen LogP contribution in [-0.2, 0) is 27.9 Å². The molecule has 0 aliphatic heterocycles. The Morgan fingerprint density at radius 2 is 1.38 bits per heavy atom. The minimum atomic E-state index is -4.49. The topological polar surface area (TPSA) is 94.1 Å². The summed E-state index contributed by atoms with van der Waals surface area (Å²) in [5.74, 6) is -0.376. The number of unbranched alkanes of at least 4 members (excludes halogenated alkanes) is 10. The summed E-state index contributed by atoms with van der Waals surface area (Å²) in [7, 11) is 1.34. The van der Waals surface area contributed by atoms with Gasteiger partial charge in [0.2, 0.25) is 0 Å². The zero-order valence-electron chi connectivity index (χ0n) is 26.3. The van der Waals surface area contributed by atoms with Crippen molar-refractivity contribution < 1.29 is 37.3 Å². The summed E-state index contributed by atoms with van der Waals surface area (Å²) in [6, 6.07) is 0. The largest absolute Gasteiger partial charge is 0.756 e. The molecule has 236 valence electrons. The maximum Gasteiger partial charge on any atom is 0.306 e. The minimum Gasteiger partial charge on any atom is -0.756 e. The van der Waals surface area contributed by atoms with Crippen LogP contribution in [0, 0.1) is 0 Å². The Hall–Kier alpha value is -1.02. The molecule has 0 saturated carbocycles. The Morgan fingerprint density at radius 1 is 0.775 bits per heavy atom. The molecule has 0 aliphatic rings. The summed E-state index contributed by atoms with van der Waals surface area (Å²) < 4.78 is 33.8. The first kappa shape index (κ1) is 39.0. The lowest BCUT2D eigenvalue weighted by Crippen LogP contribution is -2.37. The van der Waals surface area contributed by atoms with Crippen LogP contribution in [0.15, 0.2) is 24.3 Å². The highest BCUT2D eigenvalue weighted by molar-refractivity contribution is 7.45. The van der Waals surface area contributed by atoms with E-state index in [4.69, 9.17) is 18.5 Å². The molecule has 0 aromatic heterocycles. The van der Waals surface area contributed by atoms with E-state index < -0.39 is 13.9 Å². The van der Waals surface area contributed by atoms with Gasteiger partial charge in [0, 0.05) is 13.0 Å². The van der Waals surface area contributed by atoms with Crippen LogP contribution >= 0.6 is 7.82 Å². The third-order valence-corrected chi connectivity index (χ3v) is 7.22. The molecule has 40 heavy (non-hydrogen) atoms. The van der Waals surface area contributed by atoms with Gasteiger partial charge in [0.15, 0.2) is 0 Å². The molecule has 0 aromatic rings. The predicted octanol–water partition coefficient (Wildman–Crippen LogP) is 7.13. The summed E-state index contributed by atoms with van der Waals surface area (Å²) in [5, 5.41) is 0. The number of rotatable bonds is 28. The van der Waals surface area contributed by atoms with Gasteiger partial charge < -0.3 is 27.9 Å². The maximum atomic E-state index is 12.1. The van der Waals surface area contributed by atoms with Crippen LogP contribution < -0.4 is 4.89 Å². The average Bonchev–Trinajstić information content (AvgIpc) is 2.88. The van der Waals surface area contributed by atoms with Gasteiger partial charge in [-0.25, -0.2) is 0 Å². The normalized spacial score (nSPS) is 14.7. The number of allylic oxidation sites excluding steroid dienone is 4. The Bertz CT molecular complexity index is 706. The molecule has 0 fully saturated rings. The van der Waals surface area contributed by atoms with E-state index in [1.54, 1.807) is 0 Å².